The van der Waals surface area contributed by atoms with Crippen molar-refractivity contribution in [1.82, 2.24) is 20.4 Å². The summed E-state index contributed by atoms with van der Waals surface area (Å²) in [6, 6.07) is 18.8. The second kappa shape index (κ2) is 13.5. The Kier molecular flexibility index (Phi) is 9.18. The van der Waals surface area contributed by atoms with Crippen LogP contribution in [0.1, 0.15) is 60.0 Å². The molecular formula is C30H28N8O6. The van der Waals surface area contributed by atoms with Gasteiger partial charge in [0.25, 0.3) is 11.4 Å². The number of hydrogen-bond donors (Lipinski definition) is 2. The van der Waals surface area contributed by atoms with Gasteiger partial charge in [0.15, 0.2) is 11.6 Å². The summed E-state index contributed by atoms with van der Waals surface area (Å²) in [4.78, 5) is 45.4. The van der Waals surface area contributed by atoms with Gasteiger partial charge in [-0.2, -0.15) is 10.2 Å². The van der Waals surface area contributed by atoms with E-state index in [1.54, 1.807) is 36.4 Å². The highest BCUT2D eigenvalue weighted by atomic mass is 16.6. The third-order valence-corrected chi connectivity index (χ3v) is 7.44. The summed E-state index contributed by atoms with van der Waals surface area (Å²) >= 11 is 0. The molecule has 2 atom stereocenters. The van der Waals surface area contributed by atoms with Crippen molar-refractivity contribution in [3.63, 3.8) is 0 Å². The summed E-state index contributed by atoms with van der Waals surface area (Å²) in [5.74, 6) is 0.365. The molecule has 2 amide bonds. The first-order valence-electron chi connectivity index (χ1n) is 14.0. The Labute approximate surface area is 251 Å². The predicted molar refractivity (Wildman–Crippen MR) is 159 cm³/mol. The molecule has 14 heteroatoms. The Morgan fingerprint density at radius 1 is 0.636 bits per heavy atom. The second-order valence-corrected chi connectivity index (χ2v) is 10.5. The van der Waals surface area contributed by atoms with Crippen LogP contribution in [-0.2, 0) is 22.4 Å². The third-order valence-electron chi connectivity index (χ3n) is 7.44. The maximum Gasteiger partial charge on any atom is 0.269 e. The Balaban J connectivity index is 1.12. The first kappa shape index (κ1) is 29.8. The van der Waals surface area contributed by atoms with Crippen LogP contribution in [0, 0.1) is 20.2 Å². The second-order valence-electron chi connectivity index (χ2n) is 10.5. The zero-order valence-corrected chi connectivity index (χ0v) is 23.5. The summed E-state index contributed by atoms with van der Waals surface area (Å²) in [6.07, 6.45) is 3.77. The summed E-state index contributed by atoms with van der Waals surface area (Å²) in [6.45, 7) is 0. The van der Waals surface area contributed by atoms with Crippen LogP contribution in [0.3, 0.4) is 0 Å². The molecule has 2 N–H and O–H groups in total. The van der Waals surface area contributed by atoms with Gasteiger partial charge >= 0.3 is 0 Å². The number of amides is 2. The monoisotopic (exact) mass is 596 g/mol. The fraction of sp³-hybridized carbons (Fsp3) is 0.267. The van der Waals surface area contributed by atoms with Gasteiger partial charge < -0.3 is 10.6 Å². The molecule has 1 fully saturated rings. The van der Waals surface area contributed by atoms with Crippen molar-refractivity contribution in [2.24, 2.45) is 0 Å². The molecule has 5 rings (SSSR count). The number of carbonyl (C=O) groups excluding carboxylic acids is 2. The molecule has 1 aliphatic carbocycles. The molecular weight excluding hydrogens is 568 g/mol. The van der Waals surface area contributed by atoms with Crippen molar-refractivity contribution in [3.8, 4) is 0 Å². The molecule has 0 radical (unpaired) electrons. The van der Waals surface area contributed by atoms with Crippen LogP contribution < -0.4 is 10.6 Å². The summed E-state index contributed by atoms with van der Waals surface area (Å²) < 4.78 is 0. The number of benzene rings is 2. The molecule has 2 heterocycles. The van der Waals surface area contributed by atoms with Gasteiger partial charge in [-0.15, -0.1) is 10.2 Å². The molecule has 4 aromatic rings. The van der Waals surface area contributed by atoms with Gasteiger partial charge in [0, 0.05) is 36.1 Å². The SMILES string of the molecule is O=C(Cc1ccc([N+](=O)[O-])cc1)Nc1ccc([C@H]2CCC[C@H](c3ccc(NC(=O)Cc4ccc([N+](=O)[O-])cc4)nn3)C2)nn1. The Hall–Kier alpha value is -5.66. The van der Waals surface area contributed by atoms with E-state index in [0.717, 1.165) is 37.1 Å². The molecule has 2 aromatic heterocycles. The minimum atomic E-state index is -0.490. The smallest absolute Gasteiger partial charge is 0.269 e. The van der Waals surface area contributed by atoms with E-state index in [0.29, 0.717) is 22.8 Å². The Morgan fingerprint density at radius 3 is 1.39 bits per heavy atom. The highest BCUT2D eigenvalue weighted by molar-refractivity contribution is 5.91. The predicted octanol–water partition coefficient (Wildman–Crippen LogP) is 4.89. The average molecular weight is 597 g/mol. The van der Waals surface area contributed by atoms with Crippen LogP contribution in [0.2, 0.25) is 0 Å². The molecule has 2 aromatic carbocycles. The van der Waals surface area contributed by atoms with Crippen molar-refractivity contribution in [1.29, 1.82) is 0 Å². The lowest BCUT2D eigenvalue weighted by Gasteiger charge is -2.28. The van der Waals surface area contributed by atoms with E-state index in [2.05, 4.69) is 31.0 Å². The lowest BCUT2D eigenvalue weighted by Crippen LogP contribution is -2.18. The minimum Gasteiger partial charge on any atom is -0.309 e. The fourth-order valence-electron chi connectivity index (χ4n) is 5.20. The third kappa shape index (κ3) is 7.79. The van der Waals surface area contributed by atoms with E-state index in [-0.39, 0.29) is 47.9 Å². The number of non-ortho nitro benzene ring substituents is 2. The molecule has 14 nitrogen and oxygen atoms in total. The normalized spacial score (nSPS) is 16.1. The van der Waals surface area contributed by atoms with Gasteiger partial charge in [-0.3, -0.25) is 29.8 Å². The van der Waals surface area contributed by atoms with Crippen LogP contribution in [0.5, 0.6) is 0 Å². The molecule has 224 valence electrons. The fourth-order valence-corrected chi connectivity index (χ4v) is 5.20. The van der Waals surface area contributed by atoms with E-state index in [1.165, 1.54) is 24.3 Å². The Bertz CT molecular complexity index is 1520. The number of anilines is 2. The molecule has 1 saturated carbocycles. The number of nitrogens with one attached hydrogen (secondary N) is 2. The van der Waals surface area contributed by atoms with Gasteiger partial charge in [0.1, 0.15) is 0 Å². The standard InChI is InChI=1S/C30H28N8O6/c39-29(16-19-4-8-23(9-5-19)37(41)42)31-27-14-12-25(33-35-27)21-2-1-3-22(18-21)26-13-15-28(36-34-26)32-30(40)17-20-6-10-24(11-7-20)38(43)44/h4-15,21-22H,1-3,16-18H2,(H,31,35,39)(H,32,36,40)/t21-,22-/m0/s1. The van der Waals surface area contributed by atoms with E-state index in [4.69, 9.17) is 0 Å². The quantitative estimate of drug-likeness (QED) is 0.188. The van der Waals surface area contributed by atoms with Crippen LogP contribution >= 0.6 is 0 Å². The van der Waals surface area contributed by atoms with Gasteiger partial charge in [0.2, 0.25) is 11.8 Å². The first-order valence-corrected chi connectivity index (χ1v) is 14.0. The maximum atomic E-state index is 12.4. The summed E-state index contributed by atoms with van der Waals surface area (Å²) in [7, 11) is 0. The molecule has 0 spiro atoms. The molecule has 44 heavy (non-hydrogen) atoms. The minimum absolute atomic E-state index is 0.0353. The molecule has 0 saturated heterocycles. The molecule has 0 unspecified atom stereocenters. The molecule has 1 aliphatic rings. The zero-order valence-electron chi connectivity index (χ0n) is 23.5. The van der Waals surface area contributed by atoms with Crippen molar-refractivity contribution in [2.75, 3.05) is 10.6 Å². The summed E-state index contributed by atoms with van der Waals surface area (Å²) in [5, 5.41) is 44.1. The van der Waals surface area contributed by atoms with E-state index < -0.39 is 9.85 Å². The van der Waals surface area contributed by atoms with Crippen molar-refractivity contribution < 1.29 is 19.4 Å². The lowest BCUT2D eigenvalue weighted by atomic mass is 9.78. The van der Waals surface area contributed by atoms with Gasteiger partial charge in [-0.25, -0.2) is 0 Å². The van der Waals surface area contributed by atoms with Gasteiger partial charge in [-0.05, 0) is 54.7 Å². The average Bonchev–Trinajstić information content (AvgIpc) is 3.02. The zero-order chi connectivity index (χ0) is 31.1. The number of aromatic nitrogens is 4. The topological polar surface area (TPSA) is 196 Å². The number of nitro benzene ring substituents is 2. The number of nitrogens with zero attached hydrogens (tertiary/aromatic N) is 6. The van der Waals surface area contributed by atoms with Crippen molar-refractivity contribution in [2.45, 2.75) is 50.4 Å². The maximum absolute atomic E-state index is 12.4. The highest BCUT2D eigenvalue weighted by Crippen LogP contribution is 2.40. The molecule has 0 aliphatic heterocycles. The highest BCUT2D eigenvalue weighted by Gasteiger charge is 2.27. The van der Waals surface area contributed by atoms with Crippen LogP contribution in [0.25, 0.3) is 0 Å². The lowest BCUT2D eigenvalue weighted by molar-refractivity contribution is -0.385. The molecule has 0 bridgehead atoms. The van der Waals surface area contributed by atoms with E-state index in [1.807, 2.05) is 12.1 Å². The van der Waals surface area contributed by atoms with Crippen LogP contribution in [0.15, 0.2) is 72.8 Å². The van der Waals surface area contributed by atoms with Crippen LogP contribution in [0.4, 0.5) is 23.0 Å². The van der Waals surface area contributed by atoms with Crippen molar-refractivity contribution in [3.05, 3.63) is 116 Å². The van der Waals surface area contributed by atoms with Crippen LogP contribution in [-0.4, -0.2) is 42.1 Å². The van der Waals surface area contributed by atoms with Gasteiger partial charge in [-0.1, -0.05) is 30.7 Å². The summed E-state index contributed by atoms with van der Waals surface area (Å²) in [5.41, 5.74) is 2.87. The Morgan fingerprint density at radius 2 is 1.05 bits per heavy atom. The van der Waals surface area contributed by atoms with Crippen molar-refractivity contribution >= 4 is 34.8 Å². The number of hydrogen-bond acceptors (Lipinski definition) is 10. The first-order chi connectivity index (χ1) is 21.2. The van der Waals surface area contributed by atoms with E-state index in [9.17, 15) is 29.8 Å². The number of rotatable bonds is 10. The van der Waals surface area contributed by atoms with E-state index >= 15 is 0 Å². The van der Waals surface area contributed by atoms with Gasteiger partial charge in [0.05, 0.1) is 34.1 Å². The number of carbonyl (C=O) groups is 2. The largest absolute Gasteiger partial charge is 0.309 e. The number of nitro groups is 2.